The topological polar surface area (TPSA) is 69.6 Å². The molecule has 1 aromatic rings. The Morgan fingerprint density at radius 1 is 1.36 bits per heavy atom. The highest BCUT2D eigenvalue weighted by Gasteiger charge is 2.41. The molecular weight excluding hydrogens is 334 g/mol. The van der Waals surface area contributed by atoms with Gasteiger partial charge in [-0.1, -0.05) is 12.8 Å². The molecule has 6 nitrogen and oxygen atoms in total. The Balaban J connectivity index is 1.96. The van der Waals surface area contributed by atoms with Crippen LogP contribution in [0, 0.1) is 12.3 Å². The van der Waals surface area contributed by atoms with E-state index in [-0.39, 0.29) is 11.3 Å². The molecule has 1 aromatic heterocycles. The van der Waals surface area contributed by atoms with Crippen molar-refractivity contribution in [3.05, 3.63) is 16.1 Å². The summed E-state index contributed by atoms with van der Waals surface area (Å²) >= 11 is 1.73. The monoisotopic (exact) mass is 365 g/mol. The van der Waals surface area contributed by atoms with Gasteiger partial charge in [0.15, 0.2) is 5.96 Å². The summed E-state index contributed by atoms with van der Waals surface area (Å²) in [7, 11) is 3.68. The van der Waals surface area contributed by atoms with E-state index in [1.165, 1.54) is 4.88 Å². The van der Waals surface area contributed by atoms with Crippen molar-refractivity contribution >= 4 is 23.2 Å². The highest BCUT2D eigenvalue weighted by atomic mass is 32.1. The standard InChI is InChI=1S/C18H31N5OS/c1-5-19-17(20-11-8-15-21-12-14(2)25-15)22-13-18(9-6-7-10-18)16(24)23(3)4/h12H,5-11,13H2,1-4H3,(H2,19,20,22). The number of aliphatic imine (C=N–C) groups is 1. The summed E-state index contributed by atoms with van der Waals surface area (Å²) in [6.45, 7) is 6.26. The van der Waals surface area contributed by atoms with Crippen LogP contribution in [0.4, 0.5) is 0 Å². The normalized spacial score (nSPS) is 16.7. The van der Waals surface area contributed by atoms with Gasteiger partial charge in [-0.15, -0.1) is 11.3 Å². The summed E-state index contributed by atoms with van der Waals surface area (Å²) in [5, 5.41) is 7.78. The number of nitrogens with one attached hydrogen (secondary N) is 2. The SMILES string of the molecule is CCNC(=NCC1(C(=O)N(C)C)CCCC1)NCCc1ncc(C)s1. The molecule has 0 bridgehead atoms. The van der Waals surface area contributed by atoms with Crippen LogP contribution in [0.25, 0.3) is 0 Å². The molecule has 1 aliphatic carbocycles. The number of nitrogens with zero attached hydrogens (tertiary/aromatic N) is 3. The van der Waals surface area contributed by atoms with Crippen molar-refractivity contribution in [1.82, 2.24) is 20.5 Å². The van der Waals surface area contributed by atoms with E-state index >= 15 is 0 Å². The van der Waals surface area contributed by atoms with Crippen LogP contribution in [0.1, 0.15) is 42.5 Å². The maximum absolute atomic E-state index is 12.6. The quantitative estimate of drug-likeness (QED) is 0.574. The van der Waals surface area contributed by atoms with E-state index in [2.05, 4.69) is 29.5 Å². The van der Waals surface area contributed by atoms with Crippen LogP contribution < -0.4 is 10.6 Å². The first kappa shape index (κ1) is 19.7. The molecule has 2 N–H and O–H groups in total. The lowest BCUT2D eigenvalue weighted by atomic mass is 9.85. The fourth-order valence-corrected chi connectivity index (χ4v) is 4.13. The van der Waals surface area contributed by atoms with Gasteiger partial charge in [-0.3, -0.25) is 9.79 Å². The Hall–Kier alpha value is -1.63. The molecule has 0 atom stereocenters. The number of carbonyl (C=O) groups excluding carboxylic acids is 1. The molecule has 0 unspecified atom stereocenters. The lowest BCUT2D eigenvalue weighted by molar-refractivity contribution is -0.138. The Morgan fingerprint density at radius 3 is 2.64 bits per heavy atom. The Kier molecular flexibility index (Phi) is 7.23. The number of thiazole rings is 1. The van der Waals surface area contributed by atoms with Crippen LogP contribution in [-0.2, 0) is 11.2 Å². The van der Waals surface area contributed by atoms with Crippen LogP contribution in [0.3, 0.4) is 0 Å². The lowest BCUT2D eigenvalue weighted by Crippen LogP contribution is -2.43. The Morgan fingerprint density at radius 2 is 2.08 bits per heavy atom. The van der Waals surface area contributed by atoms with Crippen LogP contribution in [-0.4, -0.2) is 55.5 Å². The van der Waals surface area contributed by atoms with Gasteiger partial charge in [0.05, 0.1) is 17.0 Å². The summed E-state index contributed by atoms with van der Waals surface area (Å²) in [6.07, 6.45) is 6.89. The average Bonchev–Trinajstić information content (AvgIpc) is 3.22. The molecule has 2 rings (SSSR count). The van der Waals surface area contributed by atoms with Crippen molar-refractivity contribution in [3.8, 4) is 0 Å². The minimum absolute atomic E-state index is 0.211. The molecule has 1 fully saturated rings. The van der Waals surface area contributed by atoms with Crippen LogP contribution >= 0.6 is 11.3 Å². The van der Waals surface area contributed by atoms with Gasteiger partial charge in [0, 0.05) is 44.7 Å². The minimum atomic E-state index is -0.321. The largest absolute Gasteiger partial charge is 0.357 e. The smallest absolute Gasteiger partial charge is 0.230 e. The molecular formula is C18H31N5OS. The number of aromatic nitrogens is 1. The molecule has 25 heavy (non-hydrogen) atoms. The third-order valence-electron chi connectivity index (χ3n) is 4.61. The second kappa shape index (κ2) is 9.17. The van der Waals surface area contributed by atoms with Crippen molar-refractivity contribution in [2.75, 3.05) is 33.7 Å². The first-order valence-corrected chi connectivity index (χ1v) is 9.94. The number of hydrogen-bond acceptors (Lipinski definition) is 4. The summed E-state index contributed by atoms with van der Waals surface area (Å²) in [6, 6.07) is 0. The zero-order valence-electron chi connectivity index (χ0n) is 15.9. The number of rotatable bonds is 7. The third-order valence-corrected chi connectivity index (χ3v) is 5.58. The van der Waals surface area contributed by atoms with Gasteiger partial charge < -0.3 is 15.5 Å². The second-order valence-corrected chi connectivity index (χ2v) is 8.24. The maximum Gasteiger partial charge on any atom is 0.230 e. The van der Waals surface area contributed by atoms with Gasteiger partial charge in [0.25, 0.3) is 0 Å². The van der Waals surface area contributed by atoms with Gasteiger partial charge in [-0.05, 0) is 26.7 Å². The first-order chi connectivity index (χ1) is 12.0. The van der Waals surface area contributed by atoms with Gasteiger partial charge in [0.1, 0.15) is 0 Å². The van der Waals surface area contributed by atoms with Crippen molar-refractivity contribution in [2.24, 2.45) is 10.4 Å². The number of hydrogen-bond donors (Lipinski definition) is 2. The molecule has 1 aliphatic rings. The summed E-state index contributed by atoms with van der Waals surface area (Å²) in [5.74, 6) is 0.997. The van der Waals surface area contributed by atoms with E-state index in [1.54, 1.807) is 16.2 Å². The maximum atomic E-state index is 12.6. The molecule has 1 saturated carbocycles. The molecule has 0 radical (unpaired) electrons. The highest BCUT2D eigenvalue weighted by molar-refractivity contribution is 7.11. The third kappa shape index (κ3) is 5.42. The Bertz CT molecular complexity index is 590. The van der Waals surface area contributed by atoms with Crippen molar-refractivity contribution in [1.29, 1.82) is 0 Å². The molecule has 1 heterocycles. The summed E-state index contributed by atoms with van der Waals surface area (Å²) in [5.41, 5.74) is -0.321. The minimum Gasteiger partial charge on any atom is -0.357 e. The van der Waals surface area contributed by atoms with Crippen LogP contribution in [0.5, 0.6) is 0 Å². The summed E-state index contributed by atoms with van der Waals surface area (Å²) in [4.78, 5) is 24.7. The predicted octanol–water partition coefficient (Wildman–Crippen LogP) is 2.20. The number of guanidine groups is 1. The number of aryl methyl sites for hydroxylation is 1. The number of amides is 1. The summed E-state index contributed by atoms with van der Waals surface area (Å²) < 4.78 is 0. The zero-order valence-corrected chi connectivity index (χ0v) is 16.7. The predicted molar refractivity (Wildman–Crippen MR) is 104 cm³/mol. The van der Waals surface area contributed by atoms with E-state index in [4.69, 9.17) is 4.99 Å². The molecule has 140 valence electrons. The van der Waals surface area contributed by atoms with E-state index in [1.807, 2.05) is 20.3 Å². The molecule has 0 saturated heterocycles. The fraction of sp³-hybridized carbons (Fsp3) is 0.722. The van der Waals surface area contributed by atoms with Gasteiger partial charge in [-0.25, -0.2) is 4.98 Å². The van der Waals surface area contributed by atoms with Gasteiger partial charge in [-0.2, -0.15) is 0 Å². The van der Waals surface area contributed by atoms with Gasteiger partial charge in [0.2, 0.25) is 5.91 Å². The molecule has 0 aromatic carbocycles. The fourth-order valence-electron chi connectivity index (χ4n) is 3.34. The van der Waals surface area contributed by atoms with E-state index in [9.17, 15) is 4.79 Å². The average molecular weight is 366 g/mol. The van der Waals surface area contributed by atoms with Crippen molar-refractivity contribution in [2.45, 2.75) is 46.0 Å². The zero-order chi connectivity index (χ0) is 18.3. The first-order valence-electron chi connectivity index (χ1n) is 9.12. The van der Waals surface area contributed by atoms with Crippen LogP contribution in [0.15, 0.2) is 11.2 Å². The molecule has 0 spiro atoms. The lowest BCUT2D eigenvalue weighted by Gasteiger charge is -2.29. The van der Waals surface area contributed by atoms with Crippen molar-refractivity contribution in [3.63, 3.8) is 0 Å². The molecule has 7 heteroatoms. The van der Waals surface area contributed by atoms with Gasteiger partial charge >= 0.3 is 0 Å². The van der Waals surface area contributed by atoms with Crippen molar-refractivity contribution < 1.29 is 4.79 Å². The second-order valence-electron chi connectivity index (χ2n) is 6.92. The van der Waals surface area contributed by atoms with Crippen LogP contribution in [0.2, 0.25) is 0 Å². The number of carbonyl (C=O) groups is 1. The molecule has 1 amide bonds. The van der Waals surface area contributed by atoms with E-state index in [0.717, 1.165) is 56.2 Å². The highest BCUT2D eigenvalue weighted by Crippen LogP contribution is 2.39. The van der Waals surface area contributed by atoms with E-state index in [0.29, 0.717) is 6.54 Å². The molecule has 0 aliphatic heterocycles. The van der Waals surface area contributed by atoms with E-state index < -0.39 is 0 Å². The Labute approximate surface area is 155 Å².